The van der Waals surface area contributed by atoms with Crippen LogP contribution < -0.4 is 10.1 Å². The molecule has 2 aromatic heterocycles. The van der Waals surface area contributed by atoms with Crippen LogP contribution in [-0.2, 0) is 0 Å². The van der Waals surface area contributed by atoms with Crippen molar-refractivity contribution in [1.82, 2.24) is 15.1 Å². The maximum absolute atomic E-state index is 13.9. The molecule has 4 aromatic rings. The average molecular weight is 453 g/mol. The van der Waals surface area contributed by atoms with Crippen molar-refractivity contribution in [3.8, 4) is 23.0 Å². The van der Waals surface area contributed by atoms with E-state index in [4.69, 9.17) is 20.9 Å². The molecule has 7 nitrogen and oxygen atoms in total. The molecule has 0 fully saturated rings. The number of halogens is 2. The average Bonchev–Trinajstić information content (AvgIpc) is 3.14. The van der Waals surface area contributed by atoms with Crippen LogP contribution in [0.5, 0.6) is 11.8 Å². The molecule has 0 aliphatic rings. The van der Waals surface area contributed by atoms with E-state index in [1.54, 1.807) is 57.2 Å². The molecule has 0 unspecified atom stereocenters. The summed E-state index contributed by atoms with van der Waals surface area (Å²) in [4.78, 5) is 21.6. The number of aryl methyl sites for hydroxylation is 3. The molecule has 1 N–H and O–H groups in total. The van der Waals surface area contributed by atoms with Gasteiger partial charge in [0.15, 0.2) is 11.6 Å². The van der Waals surface area contributed by atoms with E-state index in [1.807, 2.05) is 0 Å². The molecule has 1 amide bonds. The van der Waals surface area contributed by atoms with Gasteiger partial charge in [0.2, 0.25) is 0 Å². The van der Waals surface area contributed by atoms with Crippen LogP contribution in [0.2, 0.25) is 5.02 Å². The van der Waals surface area contributed by atoms with E-state index in [-0.39, 0.29) is 17.3 Å². The van der Waals surface area contributed by atoms with Crippen molar-refractivity contribution < 1.29 is 18.4 Å². The van der Waals surface area contributed by atoms with Gasteiger partial charge < -0.3 is 14.6 Å². The maximum atomic E-state index is 13.9. The van der Waals surface area contributed by atoms with E-state index >= 15 is 0 Å². The minimum atomic E-state index is -0.529. The second-order valence-electron chi connectivity index (χ2n) is 6.98. The first kappa shape index (κ1) is 21.5. The number of para-hydroxylation sites is 1. The van der Waals surface area contributed by atoms with Crippen molar-refractivity contribution in [3.05, 3.63) is 82.1 Å². The van der Waals surface area contributed by atoms with Crippen LogP contribution in [0.1, 0.15) is 27.5 Å². The molecule has 32 heavy (non-hydrogen) atoms. The molecule has 0 atom stereocenters. The highest BCUT2D eigenvalue weighted by Gasteiger charge is 2.24. The fourth-order valence-electron chi connectivity index (χ4n) is 3.19. The standard InChI is InChI=1S/C23H18ClFN4O3/c1-12-20(13(2)27-23(26-12)31-18-11-7-6-10-17(18)25)28-22(30)19-14(3)32-29-21(19)15-8-4-5-9-16(15)24/h4-11H,1-3H3,(H,28,30). The normalized spacial score (nSPS) is 10.8. The van der Waals surface area contributed by atoms with E-state index in [1.165, 1.54) is 12.1 Å². The largest absolute Gasteiger partial charge is 0.421 e. The van der Waals surface area contributed by atoms with Crippen molar-refractivity contribution in [2.75, 3.05) is 5.32 Å². The number of ether oxygens (including phenoxy) is 1. The zero-order valence-electron chi connectivity index (χ0n) is 17.4. The Morgan fingerprint density at radius 3 is 2.38 bits per heavy atom. The zero-order valence-corrected chi connectivity index (χ0v) is 18.2. The molecule has 0 spiro atoms. The van der Waals surface area contributed by atoms with Gasteiger partial charge in [0.25, 0.3) is 5.91 Å². The van der Waals surface area contributed by atoms with Gasteiger partial charge in [-0.2, -0.15) is 9.97 Å². The number of amides is 1. The molecule has 0 bridgehead atoms. The summed E-state index contributed by atoms with van der Waals surface area (Å²) in [6, 6.07) is 13.0. The van der Waals surface area contributed by atoms with Gasteiger partial charge in [-0.05, 0) is 39.0 Å². The predicted molar refractivity (Wildman–Crippen MR) is 118 cm³/mol. The lowest BCUT2D eigenvalue weighted by atomic mass is 10.1. The quantitative estimate of drug-likeness (QED) is 0.405. The van der Waals surface area contributed by atoms with Crippen molar-refractivity contribution in [2.24, 2.45) is 0 Å². The van der Waals surface area contributed by atoms with Gasteiger partial charge in [0.1, 0.15) is 17.0 Å². The van der Waals surface area contributed by atoms with E-state index in [0.717, 1.165) is 0 Å². The number of benzene rings is 2. The fourth-order valence-corrected chi connectivity index (χ4v) is 3.42. The van der Waals surface area contributed by atoms with Crippen LogP contribution in [0, 0.1) is 26.6 Å². The molecule has 9 heteroatoms. The molecular weight excluding hydrogens is 435 g/mol. The topological polar surface area (TPSA) is 90.1 Å². The van der Waals surface area contributed by atoms with Gasteiger partial charge in [0, 0.05) is 5.56 Å². The fraction of sp³-hybridized carbons (Fsp3) is 0.130. The van der Waals surface area contributed by atoms with E-state index in [0.29, 0.717) is 39.1 Å². The number of aromatic nitrogens is 3. The van der Waals surface area contributed by atoms with Gasteiger partial charge in [-0.1, -0.05) is 47.1 Å². The summed E-state index contributed by atoms with van der Waals surface area (Å²) >= 11 is 6.28. The van der Waals surface area contributed by atoms with Gasteiger partial charge in [-0.15, -0.1) is 0 Å². The summed E-state index contributed by atoms with van der Waals surface area (Å²) in [6.45, 7) is 5.02. The second kappa shape index (κ2) is 8.76. The first-order valence-corrected chi connectivity index (χ1v) is 10.0. The highest BCUT2D eigenvalue weighted by Crippen LogP contribution is 2.32. The Morgan fingerprint density at radius 1 is 1.03 bits per heavy atom. The third-order valence-corrected chi connectivity index (χ3v) is 5.08. The molecule has 0 saturated carbocycles. The Bertz CT molecular complexity index is 1300. The maximum Gasteiger partial charge on any atom is 0.322 e. The number of carbonyl (C=O) groups is 1. The Hall–Kier alpha value is -3.78. The molecule has 0 saturated heterocycles. The molecule has 0 radical (unpaired) electrons. The number of hydrogen-bond donors (Lipinski definition) is 1. The van der Waals surface area contributed by atoms with Crippen molar-refractivity contribution in [2.45, 2.75) is 20.8 Å². The zero-order chi connectivity index (χ0) is 22.8. The smallest absolute Gasteiger partial charge is 0.322 e. The van der Waals surface area contributed by atoms with Gasteiger partial charge >= 0.3 is 6.01 Å². The molecule has 2 heterocycles. The number of rotatable bonds is 5. The second-order valence-corrected chi connectivity index (χ2v) is 7.39. The summed E-state index contributed by atoms with van der Waals surface area (Å²) in [5.74, 6) is -0.629. The summed E-state index contributed by atoms with van der Waals surface area (Å²) in [6.07, 6.45) is 0. The van der Waals surface area contributed by atoms with E-state index in [2.05, 4.69) is 20.4 Å². The highest BCUT2D eigenvalue weighted by atomic mass is 35.5. The third kappa shape index (κ3) is 4.17. The Labute approximate surface area is 188 Å². The minimum Gasteiger partial charge on any atom is -0.421 e. The van der Waals surface area contributed by atoms with Crippen molar-refractivity contribution >= 4 is 23.2 Å². The summed E-state index contributed by atoms with van der Waals surface area (Å²) in [7, 11) is 0. The SMILES string of the molecule is Cc1nc(Oc2ccccc2F)nc(C)c1NC(=O)c1c(-c2ccccc2Cl)noc1C. The molecule has 162 valence electrons. The van der Waals surface area contributed by atoms with Crippen LogP contribution in [0.4, 0.5) is 10.1 Å². The molecule has 2 aromatic carbocycles. The summed E-state index contributed by atoms with van der Waals surface area (Å²) < 4.78 is 24.6. The lowest BCUT2D eigenvalue weighted by Gasteiger charge is -2.13. The van der Waals surface area contributed by atoms with Gasteiger partial charge in [-0.3, -0.25) is 4.79 Å². The van der Waals surface area contributed by atoms with Crippen LogP contribution in [-0.4, -0.2) is 21.0 Å². The van der Waals surface area contributed by atoms with Crippen LogP contribution in [0.3, 0.4) is 0 Å². The number of anilines is 1. The number of nitrogens with one attached hydrogen (secondary N) is 1. The lowest BCUT2D eigenvalue weighted by Crippen LogP contribution is -2.16. The summed E-state index contributed by atoms with van der Waals surface area (Å²) in [5, 5.41) is 7.28. The first-order valence-electron chi connectivity index (χ1n) is 9.65. The van der Waals surface area contributed by atoms with E-state index in [9.17, 15) is 9.18 Å². The molecule has 0 aliphatic carbocycles. The summed E-state index contributed by atoms with van der Waals surface area (Å²) in [5.41, 5.74) is 2.47. The molecule has 0 aliphatic heterocycles. The monoisotopic (exact) mass is 452 g/mol. The number of hydrogen-bond acceptors (Lipinski definition) is 6. The predicted octanol–water partition coefficient (Wildman–Crippen LogP) is 5.89. The van der Waals surface area contributed by atoms with E-state index < -0.39 is 11.7 Å². The third-order valence-electron chi connectivity index (χ3n) is 4.75. The first-order chi connectivity index (χ1) is 15.3. The molecular formula is C23H18ClFN4O3. The highest BCUT2D eigenvalue weighted by molar-refractivity contribution is 6.33. The van der Waals surface area contributed by atoms with Crippen LogP contribution >= 0.6 is 11.6 Å². The Balaban J connectivity index is 1.63. The molecule has 4 rings (SSSR count). The van der Waals surface area contributed by atoms with Crippen LogP contribution in [0.15, 0.2) is 53.1 Å². The lowest BCUT2D eigenvalue weighted by molar-refractivity contribution is 0.102. The minimum absolute atomic E-state index is 0.00700. The number of nitrogens with zero attached hydrogens (tertiary/aromatic N) is 3. The van der Waals surface area contributed by atoms with Crippen molar-refractivity contribution in [3.63, 3.8) is 0 Å². The van der Waals surface area contributed by atoms with Crippen LogP contribution in [0.25, 0.3) is 11.3 Å². The van der Waals surface area contributed by atoms with Gasteiger partial charge in [0.05, 0.1) is 22.1 Å². The Morgan fingerprint density at radius 2 is 1.69 bits per heavy atom. The Kier molecular flexibility index (Phi) is 5.87. The van der Waals surface area contributed by atoms with Crippen molar-refractivity contribution in [1.29, 1.82) is 0 Å². The van der Waals surface area contributed by atoms with Gasteiger partial charge in [-0.25, -0.2) is 4.39 Å². The number of carbonyl (C=O) groups excluding carboxylic acids is 1.